The maximum absolute atomic E-state index is 13.0. The number of ketones is 1. The van der Waals surface area contributed by atoms with Crippen LogP contribution in [0.1, 0.15) is 43.4 Å². The van der Waals surface area contributed by atoms with Crippen LogP contribution in [-0.2, 0) is 19.5 Å². The third-order valence-corrected chi connectivity index (χ3v) is 5.43. The number of carbonyl (C=O) groups excluding carboxylic acids is 2. The van der Waals surface area contributed by atoms with Crippen LogP contribution in [0.5, 0.6) is 0 Å². The minimum Gasteiger partial charge on any atom is -0.464 e. The number of amides is 1. The SMILES string of the molecule is CN(C)Cc1cc2c(o1)CCN(C(=O)c1ccc(C(=O)c3ccc(Cl)cc3)cc1)C2. The van der Waals surface area contributed by atoms with Crippen molar-refractivity contribution in [3.05, 3.63) is 93.4 Å². The van der Waals surface area contributed by atoms with E-state index in [2.05, 4.69) is 4.90 Å². The van der Waals surface area contributed by atoms with E-state index in [4.69, 9.17) is 16.0 Å². The molecule has 1 aliphatic rings. The molecule has 1 amide bonds. The van der Waals surface area contributed by atoms with Crippen molar-refractivity contribution in [2.24, 2.45) is 0 Å². The molecule has 3 aromatic rings. The highest BCUT2D eigenvalue weighted by Gasteiger charge is 2.25. The van der Waals surface area contributed by atoms with Crippen molar-refractivity contribution in [2.45, 2.75) is 19.5 Å². The minimum absolute atomic E-state index is 0.0403. The van der Waals surface area contributed by atoms with Crippen LogP contribution in [0.3, 0.4) is 0 Å². The van der Waals surface area contributed by atoms with Crippen LogP contribution in [0, 0.1) is 0 Å². The van der Waals surface area contributed by atoms with Gasteiger partial charge in [-0.05, 0) is 56.6 Å². The molecule has 6 heteroatoms. The van der Waals surface area contributed by atoms with E-state index in [0.717, 1.165) is 23.6 Å². The van der Waals surface area contributed by atoms with Gasteiger partial charge in [0, 0.05) is 46.8 Å². The summed E-state index contributed by atoms with van der Waals surface area (Å²) in [4.78, 5) is 29.5. The van der Waals surface area contributed by atoms with Crippen molar-refractivity contribution >= 4 is 23.3 Å². The first kappa shape index (κ1) is 20.4. The topological polar surface area (TPSA) is 53.8 Å². The van der Waals surface area contributed by atoms with Crippen molar-refractivity contribution in [3.63, 3.8) is 0 Å². The lowest BCUT2D eigenvalue weighted by molar-refractivity contribution is 0.0729. The molecule has 5 nitrogen and oxygen atoms in total. The van der Waals surface area contributed by atoms with Gasteiger partial charge in [0.2, 0.25) is 0 Å². The highest BCUT2D eigenvalue weighted by molar-refractivity contribution is 6.30. The molecule has 0 aliphatic carbocycles. The lowest BCUT2D eigenvalue weighted by atomic mass is 10.0. The largest absolute Gasteiger partial charge is 0.464 e. The zero-order valence-electron chi connectivity index (χ0n) is 17.0. The van der Waals surface area contributed by atoms with Crippen molar-refractivity contribution in [2.75, 3.05) is 20.6 Å². The summed E-state index contributed by atoms with van der Waals surface area (Å²) in [6.45, 7) is 1.90. The Bertz CT molecular complexity index is 1070. The van der Waals surface area contributed by atoms with E-state index in [9.17, 15) is 9.59 Å². The van der Waals surface area contributed by atoms with Crippen LogP contribution in [0.15, 0.2) is 59.0 Å². The number of halogens is 1. The standard InChI is InChI=1S/C24H23ClN2O3/c1-26(2)15-21-13-19-14-27(12-11-22(19)30-21)24(29)18-5-3-16(4-6-18)23(28)17-7-9-20(25)10-8-17/h3-10,13H,11-12,14-15H2,1-2H3. The fraction of sp³-hybridized carbons (Fsp3) is 0.250. The maximum atomic E-state index is 13.0. The zero-order chi connectivity index (χ0) is 21.3. The summed E-state index contributed by atoms with van der Waals surface area (Å²) < 4.78 is 5.92. The summed E-state index contributed by atoms with van der Waals surface area (Å²) in [5.74, 6) is 1.76. The molecule has 0 fully saturated rings. The highest BCUT2D eigenvalue weighted by Crippen LogP contribution is 2.25. The van der Waals surface area contributed by atoms with Gasteiger partial charge in [-0.1, -0.05) is 23.7 Å². The van der Waals surface area contributed by atoms with E-state index in [1.54, 1.807) is 48.5 Å². The Hall–Kier alpha value is -2.89. The number of rotatable bonds is 5. The van der Waals surface area contributed by atoms with Crippen LogP contribution in [0.25, 0.3) is 0 Å². The molecule has 0 saturated heterocycles. The number of furan rings is 1. The van der Waals surface area contributed by atoms with Crippen molar-refractivity contribution in [1.29, 1.82) is 0 Å². The summed E-state index contributed by atoms with van der Waals surface area (Å²) in [6, 6.07) is 15.7. The molecular formula is C24H23ClN2O3. The van der Waals surface area contributed by atoms with Gasteiger partial charge in [-0.2, -0.15) is 0 Å². The molecule has 30 heavy (non-hydrogen) atoms. The molecule has 2 aromatic carbocycles. The number of hydrogen-bond donors (Lipinski definition) is 0. The van der Waals surface area contributed by atoms with Crippen molar-refractivity contribution in [1.82, 2.24) is 9.80 Å². The summed E-state index contributed by atoms with van der Waals surface area (Å²) in [6.07, 6.45) is 0.710. The Balaban J connectivity index is 1.45. The quantitative estimate of drug-likeness (QED) is 0.571. The third kappa shape index (κ3) is 4.32. The number of carbonyl (C=O) groups is 2. The predicted molar refractivity (Wildman–Crippen MR) is 116 cm³/mol. The average molecular weight is 423 g/mol. The molecule has 0 N–H and O–H groups in total. The van der Waals surface area contributed by atoms with Gasteiger partial charge in [-0.25, -0.2) is 0 Å². The van der Waals surface area contributed by atoms with Gasteiger partial charge in [0.15, 0.2) is 5.78 Å². The molecule has 0 atom stereocenters. The van der Waals surface area contributed by atoms with Crippen LogP contribution < -0.4 is 0 Å². The number of hydrogen-bond acceptors (Lipinski definition) is 4. The molecule has 0 unspecified atom stereocenters. The summed E-state index contributed by atoms with van der Waals surface area (Å²) in [7, 11) is 4.00. The van der Waals surface area contributed by atoms with Gasteiger partial charge in [-0.15, -0.1) is 0 Å². The number of nitrogens with zero attached hydrogens (tertiary/aromatic N) is 2. The monoisotopic (exact) mass is 422 g/mol. The molecule has 0 radical (unpaired) electrons. The number of benzene rings is 2. The zero-order valence-corrected chi connectivity index (χ0v) is 17.8. The van der Waals surface area contributed by atoms with Crippen molar-refractivity contribution < 1.29 is 14.0 Å². The molecule has 2 heterocycles. The molecule has 1 aliphatic heterocycles. The summed E-state index contributed by atoms with van der Waals surface area (Å²) in [5.41, 5.74) is 2.75. The molecular weight excluding hydrogens is 400 g/mol. The van der Waals surface area contributed by atoms with E-state index in [1.165, 1.54) is 0 Å². The first-order valence-corrected chi connectivity index (χ1v) is 10.2. The van der Waals surface area contributed by atoms with Gasteiger partial charge >= 0.3 is 0 Å². The smallest absolute Gasteiger partial charge is 0.254 e. The second-order valence-electron chi connectivity index (χ2n) is 7.79. The molecule has 4 rings (SSSR count). The van der Waals surface area contributed by atoms with Crippen LogP contribution in [0.2, 0.25) is 5.02 Å². The van der Waals surface area contributed by atoms with E-state index in [1.807, 2.05) is 25.1 Å². The van der Waals surface area contributed by atoms with Gasteiger partial charge in [-0.3, -0.25) is 9.59 Å². The summed E-state index contributed by atoms with van der Waals surface area (Å²) in [5, 5.41) is 0.587. The second kappa shape index (κ2) is 8.46. The maximum Gasteiger partial charge on any atom is 0.254 e. The Morgan fingerprint density at radius 2 is 1.60 bits per heavy atom. The Labute approximate surface area is 180 Å². The Morgan fingerprint density at radius 1 is 1.00 bits per heavy atom. The first-order chi connectivity index (χ1) is 14.4. The normalized spacial score (nSPS) is 13.4. The van der Waals surface area contributed by atoms with E-state index in [0.29, 0.717) is 41.2 Å². The molecule has 0 spiro atoms. The molecule has 0 bridgehead atoms. The molecule has 154 valence electrons. The van der Waals surface area contributed by atoms with Gasteiger partial charge in [0.1, 0.15) is 11.5 Å². The highest BCUT2D eigenvalue weighted by atomic mass is 35.5. The molecule has 0 saturated carbocycles. The van der Waals surface area contributed by atoms with E-state index >= 15 is 0 Å². The van der Waals surface area contributed by atoms with Gasteiger partial charge < -0.3 is 14.2 Å². The van der Waals surface area contributed by atoms with E-state index in [-0.39, 0.29) is 11.7 Å². The molecule has 1 aromatic heterocycles. The lowest BCUT2D eigenvalue weighted by Gasteiger charge is -2.26. The Morgan fingerprint density at radius 3 is 2.23 bits per heavy atom. The minimum atomic E-state index is -0.0971. The summed E-state index contributed by atoms with van der Waals surface area (Å²) >= 11 is 5.89. The van der Waals surface area contributed by atoms with Gasteiger partial charge in [0.25, 0.3) is 5.91 Å². The predicted octanol–water partition coefficient (Wildman–Crippen LogP) is 4.42. The van der Waals surface area contributed by atoms with Gasteiger partial charge in [0.05, 0.1) is 6.54 Å². The Kier molecular flexibility index (Phi) is 5.75. The number of fused-ring (bicyclic) bond motifs is 1. The fourth-order valence-electron chi connectivity index (χ4n) is 3.67. The van der Waals surface area contributed by atoms with Crippen LogP contribution in [-0.4, -0.2) is 42.1 Å². The first-order valence-electron chi connectivity index (χ1n) is 9.85. The fourth-order valence-corrected chi connectivity index (χ4v) is 3.80. The van der Waals surface area contributed by atoms with Crippen LogP contribution >= 0.6 is 11.6 Å². The lowest BCUT2D eigenvalue weighted by Crippen LogP contribution is -2.35. The van der Waals surface area contributed by atoms with Crippen molar-refractivity contribution in [3.8, 4) is 0 Å². The van der Waals surface area contributed by atoms with Crippen LogP contribution in [0.4, 0.5) is 0 Å². The third-order valence-electron chi connectivity index (χ3n) is 5.18. The second-order valence-corrected chi connectivity index (χ2v) is 8.23. The average Bonchev–Trinajstić information content (AvgIpc) is 3.14. The van der Waals surface area contributed by atoms with E-state index < -0.39 is 0 Å².